The van der Waals surface area contributed by atoms with Crippen molar-refractivity contribution in [2.45, 2.75) is 64.4 Å². The molecule has 1 aromatic heterocycles. The summed E-state index contributed by atoms with van der Waals surface area (Å²) in [5, 5.41) is 3.12. The van der Waals surface area contributed by atoms with Gasteiger partial charge in [0.15, 0.2) is 0 Å². The number of carbonyl (C=O) groups is 1. The fraction of sp³-hybridized carbons (Fsp3) is 0.542. The summed E-state index contributed by atoms with van der Waals surface area (Å²) >= 11 is -3.24. The van der Waals surface area contributed by atoms with Crippen LogP contribution in [0.1, 0.15) is 36.3 Å². The Morgan fingerprint density at radius 3 is 2.30 bits per heavy atom. The number of benzene rings is 1. The van der Waals surface area contributed by atoms with Gasteiger partial charge in [0.05, 0.1) is 0 Å². The number of hydrogen-bond donors (Lipinski definition) is 1. The first-order chi connectivity index (χ1) is 17.1. The third kappa shape index (κ3) is 5.22. The predicted octanol–water partition coefficient (Wildman–Crippen LogP) is 5.01. The van der Waals surface area contributed by atoms with Gasteiger partial charge in [-0.25, -0.2) is 0 Å². The first-order valence-electron chi connectivity index (χ1n) is 12.1. The van der Waals surface area contributed by atoms with Crippen molar-refractivity contribution in [2.24, 2.45) is 0 Å². The summed E-state index contributed by atoms with van der Waals surface area (Å²) in [6.45, 7) is 0.357. The van der Waals surface area contributed by atoms with E-state index in [-0.39, 0.29) is 28.2 Å². The first-order valence-corrected chi connectivity index (χ1v) is 22.1. The number of likely N-dealkylation sites (tertiary alicyclic amines) is 1. The van der Waals surface area contributed by atoms with Crippen molar-refractivity contribution < 1.29 is 31.1 Å². The van der Waals surface area contributed by atoms with Crippen LogP contribution in [-0.4, -0.2) is 70.5 Å². The Balaban J connectivity index is 1.39. The Bertz CT molecular complexity index is 1220. The van der Waals surface area contributed by atoms with Gasteiger partial charge in [-0.2, -0.15) is 13.2 Å². The van der Waals surface area contributed by atoms with E-state index in [0.29, 0.717) is 18.7 Å². The summed E-state index contributed by atoms with van der Waals surface area (Å²) in [5.74, 6) is -1.39. The molecule has 200 valence electrons. The molecule has 6 nitrogen and oxygen atoms in total. The standard InChI is InChI=1S/C21H18F6N5O.3CH3.Sn/c22-20(23,24)12-7-28-19(29-8-12)30-17-4-3-13(6-16(17)11-1-2-11)31-9-15-5-14(31)10-32(15)18(33)21(25,26)27;;;;/h3-4,6-7,11,14-15H,1-2,5,9-10H2,(H,28,29,30);3*1H3;/t14-,15-;;;;/m0..../s1. The monoisotopic (exact) mass is 635 g/mol. The zero-order valence-electron chi connectivity index (χ0n) is 20.5. The van der Waals surface area contributed by atoms with E-state index in [1.165, 1.54) is 0 Å². The van der Waals surface area contributed by atoms with Crippen LogP contribution in [0.3, 0.4) is 0 Å². The van der Waals surface area contributed by atoms with Gasteiger partial charge in [0.25, 0.3) is 0 Å². The number of piperazine rings is 1. The second kappa shape index (κ2) is 8.91. The Morgan fingerprint density at radius 2 is 1.76 bits per heavy atom. The maximum absolute atomic E-state index is 13.5. The van der Waals surface area contributed by atoms with E-state index in [1.54, 1.807) is 0 Å². The van der Waals surface area contributed by atoms with Crippen molar-refractivity contribution in [2.75, 3.05) is 23.3 Å². The van der Waals surface area contributed by atoms with Crippen molar-refractivity contribution in [1.29, 1.82) is 0 Å². The molecule has 2 saturated heterocycles. The molecule has 37 heavy (non-hydrogen) atoms. The van der Waals surface area contributed by atoms with Crippen LogP contribution in [0.15, 0.2) is 24.4 Å². The third-order valence-corrected chi connectivity index (χ3v) is 12.3. The fourth-order valence-electron chi connectivity index (χ4n) is 5.31. The minimum atomic E-state index is -4.88. The number of carbonyl (C=O) groups excluding carboxylic acids is 1. The molecular formula is C24H27F6N5OSn. The Hall–Kier alpha value is -2.25. The number of hydrogen-bond acceptors (Lipinski definition) is 5. The van der Waals surface area contributed by atoms with Gasteiger partial charge in [0, 0.05) is 0 Å². The van der Waals surface area contributed by atoms with Crippen LogP contribution >= 0.6 is 0 Å². The molecule has 0 spiro atoms. The molecule has 3 aliphatic rings. The van der Waals surface area contributed by atoms with Crippen LogP contribution in [0.5, 0.6) is 0 Å². The molecule has 1 aliphatic carbocycles. The van der Waals surface area contributed by atoms with E-state index in [2.05, 4.69) is 15.3 Å². The Morgan fingerprint density at radius 1 is 1.05 bits per heavy atom. The Labute approximate surface area is 214 Å². The quantitative estimate of drug-likeness (QED) is 0.371. The van der Waals surface area contributed by atoms with Gasteiger partial charge in [-0.15, -0.1) is 0 Å². The number of rotatable bonds is 5. The SMILES string of the molecule is [CH3][Sn]([CH3])([CH3])[c]1nc(Nc2ccc(N3C[C@@H]4C[C@H]3CN4C(=O)C(F)(F)F)cc2C2CC2)ncc1C(F)(F)F. The molecule has 13 heteroatoms. The van der Waals surface area contributed by atoms with Crippen LogP contribution in [-0.2, 0) is 11.0 Å². The van der Waals surface area contributed by atoms with Crippen LogP contribution in [0.4, 0.5) is 43.7 Å². The summed E-state index contributed by atoms with van der Waals surface area (Å²) < 4.78 is 79.5. The average molecular weight is 634 g/mol. The van der Waals surface area contributed by atoms with Crippen LogP contribution in [0, 0.1) is 0 Å². The molecule has 2 aliphatic heterocycles. The van der Waals surface area contributed by atoms with Gasteiger partial charge < -0.3 is 0 Å². The molecule has 5 rings (SSSR count). The zero-order valence-corrected chi connectivity index (χ0v) is 23.4. The predicted molar refractivity (Wildman–Crippen MR) is 129 cm³/mol. The minimum absolute atomic E-state index is 0.0304. The average Bonchev–Trinajstić information content (AvgIpc) is 3.44. The molecule has 1 N–H and O–H groups in total. The number of alkyl halides is 6. The van der Waals surface area contributed by atoms with E-state index in [1.807, 2.05) is 37.9 Å². The van der Waals surface area contributed by atoms with E-state index >= 15 is 0 Å². The van der Waals surface area contributed by atoms with Crippen LogP contribution < -0.4 is 13.9 Å². The van der Waals surface area contributed by atoms with E-state index in [0.717, 1.165) is 35.2 Å². The van der Waals surface area contributed by atoms with Crippen molar-refractivity contribution in [1.82, 2.24) is 14.9 Å². The molecule has 2 bridgehead atoms. The number of halogens is 6. The van der Waals surface area contributed by atoms with Crippen molar-refractivity contribution >= 4 is 45.3 Å². The third-order valence-electron chi connectivity index (χ3n) is 7.18. The van der Waals surface area contributed by atoms with Gasteiger partial charge in [-0.05, 0) is 0 Å². The van der Waals surface area contributed by atoms with Gasteiger partial charge in [0.2, 0.25) is 0 Å². The Kier molecular flexibility index (Phi) is 6.35. The molecule has 3 heterocycles. The van der Waals surface area contributed by atoms with E-state index in [9.17, 15) is 31.1 Å². The van der Waals surface area contributed by atoms with E-state index in [4.69, 9.17) is 0 Å². The number of aromatic nitrogens is 2. The first kappa shape index (κ1) is 26.4. The summed E-state index contributed by atoms with van der Waals surface area (Å²) in [5.41, 5.74) is 1.77. The van der Waals surface area contributed by atoms with Crippen molar-refractivity contribution in [3.05, 3.63) is 35.5 Å². The molecule has 1 aromatic carbocycles. The summed E-state index contributed by atoms with van der Waals surface area (Å²) in [4.78, 5) is 28.6. The molecule has 0 radical (unpaired) electrons. The number of fused-ring (bicyclic) bond motifs is 2. The fourth-order valence-corrected chi connectivity index (χ4v) is 9.47. The molecule has 2 atom stereocenters. The van der Waals surface area contributed by atoms with E-state index < -0.39 is 48.2 Å². The second-order valence-corrected chi connectivity index (χ2v) is 25.2. The van der Waals surface area contributed by atoms with Crippen molar-refractivity contribution in [3.63, 3.8) is 0 Å². The zero-order chi connectivity index (χ0) is 26.9. The summed E-state index contributed by atoms with van der Waals surface area (Å²) in [6, 6.07) is 4.99. The molecule has 2 aromatic rings. The van der Waals surface area contributed by atoms with Crippen LogP contribution in [0.25, 0.3) is 0 Å². The number of nitrogens with one attached hydrogen (secondary N) is 1. The maximum atomic E-state index is 13.5. The molecule has 1 saturated carbocycles. The van der Waals surface area contributed by atoms with Gasteiger partial charge in [0.1, 0.15) is 0 Å². The second-order valence-electron chi connectivity index (χ2n) is 11.0. The summed E-state index contributed by atoms with van der Waals surface area (Å²) in [6.07, 6.45) is -6.12. The van der Waals surface area contributed by atoms with Gasteiger partial charge in [-0.3, -0.25) is 4.79 Å². The van der Waals surface area contributed by atoms with Gasteiger partial charge in [-0.1, -0.05) is 0 Å². The number of amides is 1. The molecular weight excluding hydrogens is 607 g/mol. The number of anilines is 3. The van der Waals surface area contributed by atoms with Crippen LogP contribution in [0.2, 0.25) is 14.8 Å². The summed E-state index contributed by atoms with van der Waals surface area (Å²) in [7, 11) is 0. The topological polar surface area (TPSA) is 61.4 Å². The molecule has 1 amide bonds. The number of nitrogens with zero attached hydrogens (tertiary/aromatic N) is 4. The van der Waals surface area contributed by atoms with Gasteiger partial charge >= 0.3 is 197 Å². The molecule has 0 unspecified atom stereocenters. The molecule has 3 fully saturated rings. The normalized spacial score (nSPS) is 22.1. The van der Waals surface area contributed by atoms with Crippen molar-refractivity contribution in [3.8, 4) is 0 Å².